The van der Waals surface area contributed by atoms with Crippen molar-refractivity contribution in [3.05, 3.63) is 0 Å². The summed E-state index contributed by atoms with van der Waals surface area (Å²) in [7, 11) is 0. The minimum Gasteiger partial charge on any atom is -0.334 e. The van der Waals surface area contributed by atoms with Gasteiger partial charge in [0.25, 0.3) is 0 Å². The fourth-order valence-electron chi connectivity index (χ4n) is 2.84. The number of quaternary nitrogens is 1. The summed E-state index contributed by atoms with van der Waals surface area (Å²) in [4.78, 5) is 1.84. The van der Waals surface area contributed by atoms with Crippen LogP contribution in [0.25, 0.3) is 0 Å². The Balaban J connectivity index is 1.74. The van der Waals surface area contributed by atoms with E-state index >= 15 is 0 Å². The zero-order valence-electron chi connectivity index (χ0n) is 8.81. The fraction of sp³-hybridized carbons (Fsp3) is 1.00. The number of fused-ring (bicyclic) bond motifs is 3. The standard InChI is InChI=1S/C11H22N2/c1-2-3-6-12-11-9-13-7-4-10(11)5-8-13/h10-12H,2-9H2,1H3/p+1. The van der Waals surface area contributed by atoms with Gasteiger partial charge < -0.3 is 10.2 Å². The molecule has 0 saturated carbocycles. The fourth-order valence-corrected chi connectivity index (χ4v) is 2.84. The summed E-state index contributed by atoms with van der Waals surface area (Å²) in [5.74, 6) is 1.01. The molecule has 3 heterocycles. The van der Waals surface area contributed by atoms with Gasteiger partial charge in [0.05, 0.1) is 25.7 Å². The van der Waals surface area contributed by atoms with Crippen LogP contribution in [-0.2, 0) is 0 Å². The molecule has 1 atom stereocenters. The summed E-state index contributed by atoms with van der Waals surface area (Å²) in [6.45, 7) is 7.79. The lowest BCUT2D eigenvalue weighted by Gasteiger charge is -2.42. The first kappa shape index (κ1) is 9.47. The maximum absolute atomic E-state index is 3.73. The molecule has 2 heteroatoms. The average molecular weight is 183 g/mol. The Morgan fingerprint density at radius 3 is 2.62 bits per heavy atom. The third-order valence-corrected chi connectivity index (χ3v) is 3.75. The van der Waals surface area contributed by atoms with Gasteiger partial charge >= 0.3 is 0 Å². The summed E-state index contributed by atoms with van der Waals surface area (Å²) in [5.41, 5.74) is 0. The highest BCUT2D eigenvalue weighted by Crippen LogP contribution is 2.17. The molecule has 13 heavy (non-hydrogen) atoms. The van der Waals surface area contributed by atoms with Crippen molar-refractivity contribution >= 4 is 0 Å². The first-order valence-corrected chi connectivity index (χ1v) is 5.97. The molecule has 0 spiro atoms. The Kier molecular flexibility index (Phi) is 3.23. The molecule has 2 nitrogen and oxygen atoms in total. The lowest BCUT2D eigenvalue weighted by molar-refractivity contribution is -0.917. The van der Waals surface area contributed by atoms with Crippen LogP contribution in [0.2, 0.25) is 0 Å². The van der Waals surface area contributed by atoms with E-state index < -0.39 is 0 Å². The Bertz CT molecular complexity index is 150. The van der Waals surface area contributed by atoms with Gasteiger partial charge in [-0.3, -0.25) is 0 Å². The van der Waals surface area contributed by atoms with Crippen molar-refractivity contribution in [2.24, 2.45) is 5.92 Å². The first-order chi connectivity index (χ1) is 6.40. The van der Waals surface area contributed by atoms with E-state index in [1.807, 2.05) is 4.90 Å². The van der Waals surface area contributed by atoms with Gasteiger partial charge in [-0.2, -0.15) is 0 Å². The molecule has 0 aromatic carbocycles. The summed E-state index contributed by atoms with van der Waals surface area (Å²) in [5, 5.41) is 3.73. The predicted molar refractivity (Wildman–Crippen MR) is 55.0 cm³/mol. The van der Waals surface area contributed by atoms with Crippen LogP contribution in [-0.4, -0.2) is 32.2 Å². The summed E-state index contributed by atoms with van der Waals surface area (Å²) >= 11 is 0. The molecule has 0 aromatic heterocycles. The Morgan fingerprint density at radius 1 is 1.31 bits per heavy atom. The molecule has 3 aliphatic rings. The van der Waals surface area contributed by atoms with Crippen molar-refractivity contribution < 1.29 is 4.90 Å². The van der Waals surface area contributed by atoms with Gasteiger partial charge in [0.15, 0.2) is 0 Å². The van der Waals surface area contributed by atoms with Crippen LogP contribution in [0.5, 0.6) is 0 Å². The second-order valence-electron chi connectivity index (χ2n) is 4.71. The zero-order chi connectivity index (χ0) is 9.10. The SMILES string of the molecule is CCCCNC1C[NH+]2CCC1CC2. The van der Waals surface area contributed by atoms with E-state index in [9.17, 15) is 0 Å². The molecule has 0 radical (unpaired) electrons. The quantitative estimate of drug-likeness (QED) is 0.589. The normalized spacial score (nSPS) is 38.1. The average Bonchev–Trinajstić information content (AvgIpc) is 2.20. The number of hydrogen-bond donors (Lipinski definition) is 2. The van der Waals surface area contributed by atoms with Crippen LogP contribution >= 0.6 is 0 Å². The molecule has 76 valence electrons. The van der Waals surface area contributed by atoms with Crippen molar-refractivity contribution in [3.63, 3.8) is 0 Å². The number of piperidine rings is 3. The van der Waals surface area contributed by atoms with Gasteiger partial charge in [-0.05, 0) is 18.9 Å². The van der Waals surface area contributed by atoms with E-state index in [2.05, 4.69) is 12.2 Å². The van der Waals surface area contributed by atoms with Crippen LogP contribution in [0, 0.1) is 5.92 Å². The number of nitrogens with one attached hydrogen (secondary N) is 2. The van der Waals surface area contributed by atoms with E-state index in [4.69, 9.17) is 0 Å². The van der Waals surface area contributed by atoms with Crippen molar-refractivity contribution in [2.45, 2.75) is 38.6 Å². The van der Waals surface area contributed by atoms with Crippen LogP contribution in [0.3, 0.4) is 0 Å². The highest BCUT2D eigenvalue weighted by Gasteiger charge is 2.36. The monoisotopic (exact) mass is 183 g/mol. The third-order valence-electron chi connectivity index (χ3n) is 3.75. The van der Waals surface area contributed by atoms with E-state index in [0.717, 1.165) is 12.0 Å². The van der Waals surface area contributed by atoms with Gasteiger partial charge in [0, 0.05) is 12.8 Å². The van der Waals surface area contributed by atoms with E-state index in [-0.39, 0.29) is 0 Å². The lowest BCUT2D eigenvalue weighted by atomic mass is 9.84. The molecule has 0 aromatic rings. The second kappa shape index (κ2) is 4.43. The molecule has 3 aliphatic heterocycles. The number of unbranched alkanes of at least 4 members (excludes halogenated alkanes) is 1. The third kappa shape index (κ3) is 2.23. The van der Waals surface area contributed by atoms with Crippen molar-refractivity contribution in [1.82, 2.24) is 5.32 Å². The van der Waals surface area contributed by atoms with Crippen molar-refractivity contribution in [1.29, 1.82) is 0 Å². The van der Waals surface area contributed by atoms with E-state index in [0.29, 0.717) is 0 Å². The van der Waals surface area contributed by atoms with Crippen molar-refractivity contribution in [3.8, 4) is 0 Å². The molecule has 3 rings (SSSR count). The number of hydrogen-bond acceptors (Lipinski definition) is 1. The Hall–Kier alpha value is -0.0800. The maximum atomic E-state index is 3.73. The van der Waals surface area contributed by atoms with Crippen LogP contribution in [0.1, 0.15) is 32.6 Å². The Labute approximate surface area is 81.7 Å². The first-order valence-electron chi connectivity index (χ1n) is 5.97. The molecular weight excluding hydrogens is 160 g/mol. The lowest BCUT2D eigenvalue weighted by Crippen LogP contribution is -3.16. The molecule has 1 unspecified atom stereocenters. The van der Waals surface area contributed by atoms with E-state index in [1.54, 1.807) is 0 Å². The summed E-state index contributed by atoms with van der Waals surface area (Å²) in [6.07, 6.45) is 5.61. The molecule has 0 aliphatic carbocycles. The molecule has 3 saturated heterocycles. The van der Waals surface area contributed by atoms with Gasteiger partial charge in [0.2, 0.25) is 0 Å². The number of rotatable bonds is 4. The maximum Gasteiger partial charge on any atom is 0.0929 e. The van der Waals surface area contributed by atoms with Crippen LogP contribution in [0.15, 0.2) is 0 Å². The van der Waals surface area contributed by atoms with Crippen molar-refractivity contribution in [2.75, 3.05) is 26.2 Å². The van der Waals surface area contributed by atoms with Crippen LogP contribution in [0.4, 0.5) is 0 Å². The zero-order valence-corrected chi connectivity index (χ0v) is 8.81. The van der Waals surface area contributed by atoms with Gasteiger partial charge in [0.1, 0.15) is 0 Å². The molecule has 2 N–H and O–H groups in total. The van der Waals surface area contributed by atoms with Crippen LogP contribution < -0.4 is 10.2 Å². The Morgan fingerprint density at radius 2 is 2.08 bits per heavy atom. The predicted octanol–water partition coefficient (Wildman–Crippen LogP) is 0.0532. The highest BCUT2D eigenvalue weighted by molar-refractivity contribution is 4.81. The molecular formula is C11H23N2+. The largest absolute Gasteiger partial charge is 0.334 e. The summed E-state index contributed by atoms with van der Waals surface area (Å²) < 4.78 is 0. The second-order valence-corrected chi connectivity index (χ2v) is 4.71. The highest BCUT2D eigenvalue weighted by atomic mass is 15.2. The molecule has 0 amide bonds. The smallest absolute Gasteiger partial charge is 0.0929 e. The molecule has 3 fully saturated rings. The topological polar surface area (TPSA) is 16.5 Å². The van der Waals surface area contributed by atoms with Gasteiger partial charge in [-0.1, -0.05) is 13.3 Å². The summed E-state index contributed by atoms with van der Waals surface area (Å²) in [6, 6.07) is 0.851. The molecule has 2 bridgehead atoms. The van der Waals surface area contributed by atoms with E-state index in [1.165, 1.54) is 51.9 Å². The minimum atomic E-state index is 0.851. The van der Waals surface area contributed by atoms with Gasteiger partial charge in [-0.15, -0.1) is 0 Å². The minimum absolute atomic E-state index is 0.851. The van der Waals surface area contributed by atoms with Gasteiger partial charge in [-0.25, -0.2) is 0 Å².